The van der Waals surface area contributed by atoms with Crippen LogP contribution in [0.15, 0.2) is 60.2 Å². The van der Waals surface area contributed by atoms with E-state index in [-0.39, 0.29) is 5.91 Å². The van der Waals surface area contributed by atoms with Crippen molar-refractivity contribution in [3.63, 3.8) is 0 Å². The van der Waals surface area contributed by atoms with Crippen LogP contribution in [0.5, 0.6) is 0 Å². The highest BCUT2D eigenvalue weighted by atomic mass is 16.1. The summed E-state index contributed by atoms with van der Waals surface area (Å²) in [5.41, 5.74) is 10.1. The van der Waals surface area contributed by atoms with Crippen LogP contribution >= 0.6 is 0 Å². The summed E-state index contributed by atoms with van der Waals surface area (Å²) in [4.78, 5) is 11.7. The molecule has 19 heavy (non-hydrogen) atoms. The van der Waals surface area contributed by atoms with E-state index in [1.54, 1.807) is 0 Å². The molecule has 3 heteroatoms. The number of primary amides is 1. The van der Waals surface area contributed by atoms with Gasteiger partial charge in [0, 0.05) is 17.7 Å². The van der Waals surface area contributed by atoms with Gasteiger partial charge in [0.2, 0.25) is 5.91 Å². The molecule has 0 aliphatic carbocycles. The molecule has 1 heterocycles. The largest absolute Gasteiger partial charge is 0.366 e. The van der Waals surface area contributed by atoms with E-state index in [9.17, 15) is 4.79 Å². The number of benzene rings is 2. The zero-order chi connectivity index (χ0) is 13.2. The van der Waals surface area contributed by atoms with E-state index < -0.39 is 0 Å². The first-order chi connectivity index (χ1) is 9.25. The summed E-state index contributed by atoms with van der Waals surface area (Å²) in [5.74, 6) is -0.374. The summed E-state index contributed by atoms with van der Waals surface area (Å²) in [6.45, 7) is 0. The molecule has 0 spiro atoms. The van der Waals surface area contributed by atoms with Gasteiger partial charge >= 0.3 is 0 Å². The molecule has 0 radical (unpaired) electrons. The third-order valence-electron chi connectivity index (χ3n) is 3.31. The topological polar surface area (TPSA) is 55.1 Å². The lowest BCUT2D eigenvalue weighted by molar-refractivity contribution is -0.114. The van der Waals surface area contributed by atoms with Gasteiger partial charge in [-0.1, -0.05) is 48.5 Å². The molecule has 0 aromatic heterocycles. The minimum Gasteiger partial charge on any atom is -0.366 e. The number of rotatable bonds is 2. The van der Waals surface area contributed by atoms with E-state index in [0.717, 1.165) is 22.5 Å². The molecule has 0 saturated heterocycles. The molecule has 0 unspecified atom stereocenters. The molecule has 0 bridgehead atoms. The van der Waals surface area contributed by atoms with Gasteiger partial charge in [0.15, 0.2) is 0 Å². The number of para-hydroxylation sites is 1. The number of amides is 1. The zero-order valence-corrected chi connectivity index (χ0v) is 10.4. The molecule has 1 aliphatic rings. The van der Waals surface area contributed by atoms with Crippen molar-refractivity contribution in [2.24, 2.45) is 5.73 Å². The van der Waals surface area contributed by atoms with Crippen molar-refractivity contribution < 1.29 is 4.79 Å². The van der Waals surface area contributed by atoms with Crippen LogP contribution in [-0.4, -0.2) is 5.91 Å². The SMILES string of the molecule is NC(=O)C1=C(c2ccccc2)Nc2ccccc2C1. The quantitative estimate of drug-likeness (QED) is 0.860. The molecular formula is C16H14N2O. The van der Waals surface area contributed by atoms with E-state index in [0.29, 0.717) is 12.0 Å². The molecule has 2 aromatic carbocycles. The third kappa shape index (κ3) is 2.10. The maximum absolute atomic E-state index is 11.7. The van der Waals surface area contributed by atoms with Crippen molar-refractivity contribution >= 4 is 17.3 Å². The number of carbonyl (C=O) groups is 1. The minimum absolute atomic E-state index is 0.374. The Balaban J connectivity index is 2.12. The Morgan fingerprint density at radius 2 is 1.68 bits per heavy atom. The third-order valence-corrected chi connectivity index (χ3v) is 3.31. The Labute approximate surface area is 111 Å². The molecule has 1 aliphatic heterocycles. The van der Waals surface area contributed by atoms with Gasteiger partial charge in [0.05, 0.1) is 5.70 Å². The normalized spacial score (nSPS) is 13.7. The van der Waals surface area contributed by atoms with E-state index in [2.05, 4.69) is 5.32 Å². The second-order valence-corrected chi connectivity index (χ2v) is 4.54. The Bertz CT molecular complexity index is 659. The second-order valence-electron chi connectivity index (χ2n) is 4.54. The summed E-state index contributed by atoms with van der Waals surface area (Å²) < 4.78 is 0. The Morgan fingerprint density at radius 3 is 2.42 bits per heavy atom. The molecule has 2 aromatic rings. The van der Waals surface area contributed by atoms with Gasteiger partial charge in [-0.15, -0.1) is 0 Å². The fourth-order valence-corrected chi connectivity index (χ4v) is 2.35. The lowest BCUT2D eigenvalue weighted by Crippen LogP contribution is -2.23. The molecule has 3 N–H and O–H groups in total. The summed E-state index contributed by atoms with van der Waals surface area (Å²) >= 11 is 0. The van der Waals surface area contributed by atoms with Crippen molar-refractivity contribution in [2.75, 3.05) is 5.32 Å². The molecule has 1 amide bonds. The maximum atomic E-state index is 11.7. The standard InChI is InChI=1S/C16H14N2O/c17-16(19)13-10-12-8-4-5-9-14(12)18-15(13)11-6-2-1-3-7-11/h1-9,18H,10H2,(H2,17,19). The van der Waals surface area contributed by atoms with Crippen LogP contribution in [-0.2, 0) is 11.2 Å². The van der Waals surface area contributed by atoms with Crippen molar-refractivity contribution in [1.29, 1.82) is 0 Å². The Kier molecular flexibility index (Phi) is 2.80. The number of anilines is 1. The maximum Gasteiger partial charge on any atom is 0.247 e. The second kappa shape index (κ2) is 4.61. The number of nitrogens with one attached hydrogen (secondary N) is 1. The van der Waals surface area contributed by atoms with Gasteiger partial charge in [0.25, 0.3) is 0 Å². The molecule has 94 valence electrons. The van der Waals surface area contributed by atoms with Crippen LogP contribution in [0.1, 0.15) is 11.1 Å². The lowest BCUT2D eigenvalue weighted by atomic mass is 9.94. The fraction of sp³-hybridized carbons (Fsp3) is 0.0625. The number of hydrogen-bond acceptors (Lipinski definition) is 2. The number of fused-ring (bicyclic) bond motifs is 1. The van der Waals surface area contributed by atoms with E-state index in [1.807, 2.05) is 54.6 Å². The molecule has 0 fully saturated rings. The summed E-state index contributed by atoms with van der Waals surface area (Å²) in [6.07, 6.45) is 0.572. The fourth-order valence-electron chi connectivity index (χ4n) is 2.35. The van der Waals surface area contributed by atoms with Crippen LogP contribution in [0.3, 0.4) is 0 Å². The predicted octanol–water partition coefficient (Wildman–Crippen LogP) is 2.55. The average molecular weight is 250 g/mol. The van der Waals surface area contributed by atoms with Crippen LogP contribution in [0.4, 0.5) is 5.69 Å². The van der Waals surface area contributed by atoms with Gasteiger partial charge in [0.1, 0.15) is 0 Å². The highest BCUT2D eigenvalue weighted by Crippen LogP contribution is 2.31. The average Bonchev–Trinajstić information content (AvgIpc) is 2.46. The number of carbonyl (C=O) groups excluding carboxylic acids is 1. The summed E-state index contributed by atoms with van der Waals surface area (Å²) in [6, 6.07) is 17.7. The van der Waals surface area contributed by atoms with Crippen molar-refractivity contribution in [2.45, 2.75) is 6.42 Å². The van der Waals surface area contributed by atoms with Crippen LogP contribution in [0.25, 0.3) is 5.70 Å². The van der Waals surface area contributed by atoms with Crippen LogP contribution in [0, 0.1) is 0 Å². The Hall–Kier alpha value is -2.55. The Morgan fingerprint density at radius 1 is 1.00 bits per heavy atom. The van der Waals surface area contributed by atoms with Crippen molar-refractivity contribution in [3.05, 3.63) is 71.3 Å². The molecule has 0 atom stereocenters. The summed E-state index contributed by atoms with van der Waals surface area (Å²) in [7, 11) is 0. The smallest absolute Gasteiger partial charge is 0.247 e. The van der Waals surface area contributed by atoms with Gasteiger partial charge in [-0.05, 0) is 17.2 Å². The first-order valence-corrected chi connectivity index (χ1v) is 6.19. The minimum atomic E-state index is -0.374. The van der Waals surface area contributed by atoms with Crippen molar-refractivity contribution in [3.8, 4) is 0 Å². The highest BCUT2D eigenvalue weighted by Gasteiger charge is 2.21. The van der Waals surface area contributed by atoms with E-state index in [4.69, 9.17) is 5.73 Å². The molecule has 0 saturated carbocycles. The number of nitrogens with two attached hydrogens (primary N) is 1. The first-order valence-electron chi connectivity index (χ1n) is 6.19. The zero-order valence-electron chi connectivity index (χ0n) is 10.4. The van der Waals surface area contributed by atoms with Crippen LogP contribution in [0.2, 0.25) is 0 Å². The van der Waals surface area contributed by atoms with Gasteiger partial charge < -0.3 is 11.1 Å². The lowest BCUT2D eigenvalue weighted by Gasteiger charge is -2.23. The van der Waals surface area contributed by atoms with E-state index >= 15 is 0 Å². The van der Waals surface area contributed by atoms with Gasteiger partial charge in [-0.3, -0.25) is 4.79 Å². The van der Waals surface area contributed by atoms with Crippen LogP contribution < -0.4 is 11.1 Å². The molecular weight excluding hydrogens is 236 g/mol. The van der Waals surface area contributed by atoms with Gasteiger partial charge in [-0.2, -0.15) is 0 Å². The van der Waals surface area contributed by atoms with Crippen molar-refractivity contribution in [1.82, 2.24) is 0 Å². The predicted molar refractivity (Wildman–Crippen MR) is 76.3 cm³/mol. The highest BCUT2D eigenvalue weighted by molar-refractivity contribution is 6.04. The molecule has 3 nitrogen and oxygen atoms in total. The summed E-state index contributed by atoms with van der Waals surface area (Å²) in [5, 5.41) is 3.32. The number of hydrogen-bond donors (Lipinski definition) is 2. The molecule has 3 rings (SSSR count). The first kappa shape index (κ1) is 11.5. The monoisotopic (exact) mass is 250 g/mol. The van der Waals surface area contributed by atoms with E-state index in [1.165, 1.54) is 0 Å². The van der Waals surface area contributed by atoms with Gasteiger partial charge in [-0.25, -0.2) is 0 Å².